The minimum absolute atomic E-state index is 0.0608. The van der Waals surface area contributed by atoms with Gasteiger partial charge in [-0.1, -0.05) is 73.1 Å². The Morgan fingerprint density at radius 2 is 1.55 bits per heavy atom. The Hall–Kier alpha value is -1.61. The Morgan fingerprint density at radius 1 is 1.00 bits per heavy atom. The molecule has 1 atom stereocenters. The number of ketones is 1. The van der Waals surface area contributed by atoms with Gasteiger partial charge in [0.1, 0.15) is 10.6 Å². The zero-order valence-electron chi connectivity index (χ0n) is 13.4. The van der Waals surface area contributed by atoms with Gasteiger partial charge in [-0.25, -0.2) is 0 Å². The van der Waals surface area contributed by atoms with Crippen molar-refractivity contribution >= 4 is 21.7 Å². The third-order valence-electron chi connectivity index (χ3n) is 3.67. The minimum atomic E-state index is -0.348. The molecule has 0 aliphatic heterocycles. The van der Waals surface area contributed by atoms with Crippen molar-refractivity contribution < 1.29 is 9.53 Å². The van der Waals surface area contributed by atoms with Crippen LogP contribution in [-0.4, -0.2) is 12.9 Å². The molecular formula is C19H21BrO2. The maximum Gasteiger partial charge on any atom is 0.180 e. The molecule has 0 bridgehead atoms. The normalized spacial score (nSPS) is 12.8. The molecular weight excluding hydrogens is 340 g/mol. The van der Waals surface area contributed by atoms with E-state index in [1.165, 1.54) is 5.56 Å². The van der Waals surface area contributed by atoms with Crippen molar-refractivity contribution in [2.24, 2.45) is 0 Å². The largest absolute Gasteiger partial charge is 0.497 e. The lowest BCUT2D eigenvalue weighted by Crippen LogP contribution is -2.12. The summed E-state index contributed by atoms with van der Waals surface area (Å²) >= 11 is 3.50. The van der Waals surface area contributed by atoms with Gasteiger partial charge in [-0.15, -0.1) is 0 Å². The number of Topliss-reactive ketones (excluding diaryl/α,β-unsaturated/α-hetero) is 1. The van der Waals surface area contributed by atoms with Gasteiger partial charge in [0.15, 0.2) is 5.78 Å². The highest BCUT2D eigenvalue weighted by Crippen LogP contribution is 2.29. The standard InChI is InChI=1S/C19H21BrO2/c1-19(2,3)15-9-5-14(6-10-15)18(21)17(20)13-7-11-16(22-4)12-8-13/h5-12,17H,1-4H3. The van der Waals surface area contributed by atoms with Gasteiger partial charge in [-0.2, -0.15) is 0 Å². The van der Waals surface area contributed by atoms with Gasteiger partial charge in [-0.3, -0.25) is 4.79 Å². The highest BCUT2D eigenvalue weighted by Gasteiger charge is 2.20. The van der Waals surface area contributed by atoms with Crippen LogP contribution in [-0.2, 0) is 5.41 Å². The lowest BCUT2D eigenvalue weighted by atomic mass is 9.86. The van der Waals surface area contributed by atoms with E-state index in [4.69, 9.17) is 4.74 Å². The van der Waals surface area contributed by atoms with Crippen molar-refractivity contribution in [2.45, 2.75) is 31.0 Å². The van der Waals surface area contributed by atoms with Crippen LogP contribution in [0.4, 0.5) is 0 Å². The van der Waals surface area contributed by atoms with E-state index in [-0.39, 0.29) is 16.0 Å². The van der Waals surface area contributed by atoms with Gasteiger partial charge in [0, 0.05) is 5.56 Å². The summed E-state index contributed by atoms with van der Waals surface area (Å²) < 4.78 is 5.14. The lowest BCUT2D eigenvalue weighted by molar-refractivity contribution is 0.0991. The number of alkyl halides is 1. The van der Waals surface area contributed by atoms with Crippen molar-refractivity contribution in [1.82, 2.24) is 0 Å². The number of ether oxygens (including phenoxy) is 1. The van der Waals surface area contributed by atoms with E-state index in [0.717, 1.165) is 11.3 Å². The van der Waals surface area contributed by atoms with Crippen LogP contribution in [0, 0.1) is 0 Å². The van der Waals surface area contributed by atoms with Gasteiger partial charge in [0.25, 0.3) is 0 Å². The second-order valence-corrected chi connectivity index (χ2v) is 7.24. The van der Waals surface area contributed by atoms with Gasteiger partial charge in [-0.05, 0) is 28.7 Å². The average Bonchev–Trinajstić information content (AvgIpc) is 2.53. The topological polar surface area (TPSA) is 26.3 Å². The third-order valence-corrected chi connectivity index (χ3v) is 4.62. The molecule has 0 aromatic heterocycles. The molecule has 0 saturated carbocycles. The molecule has 2 aromatic rings. The molecule has 0 aliphatic carbocycles. The Bertz CT molecular complexity index is 637. The fraction of sp³-hybridized carbons (Fsp3) is 0.316. The number of benzene rings is 2. The summed E-state index contributed by atoms with van der Waals surface area (Å²) in [4.78, 5) is 12.2. The van der Waals surface area contributed by atoms with Crippen molar-refractivity contribution in [3.8, 4) is 5.75 Å². The smallest absolute Gasteiger partial charge is 0.180 e. The molecule has 0 fully saturated rings. The Balaban J connectivity index is 2.19. The van der Waals surface area contributed by atoms with E-state index in [1.807, 2.05) is 48.5 Å². The first-order chi connectivity index (χ1) is 10.3. The first-order valence-corrected chi connectivity index (χ1v) is 8.17. The van der Waals surface area contributed by atoms with E-state index in [2.05, 4.69) is 36.7 Å². The Morgan fingerprint density at radius 3 is 2.00 bits per heavy atom. The molecule has 22 heavy (non-hydrogen) atoms. The SMILES string of the molecule is COc1ccc(C(Br)C(=O)c2ccc(C(C)(C)C)cc2)cc1. The molecule has 2 rings (SSSR count). The fourth-order valence-electron chi connectivity index (χ4n) is 2.21. The molecule has 0 N–H and O–H groups in total. The molecule has 2 nitrogen and oxygen atoms in total. The van der Waals surface area contributed by atoms with Crippen molar-refractivity contribution in [1.29, 1.82) is 0 Å². The number of hydrogen-bond donors (Lipinski definition) is 0. The molecule has 0 radical (unpaired) electrons. The lowest BCUT2D eigenvalue weighted by Gasteiger charge is -2.19. The zero-order chi connectivity index (χ0) is 16.3. The number of methoxy groups -OCH3 is 1. The van der Waals surface area contributed by atoms with Crippen LogP contribution in [0.2, 0.25) is 0 Å². The second kappa shape index (κ2) is 6.66. The first-order valence-electron chi connectivity index (χ1n) is 7.25. The van der Waals surface area contributed by atoms with E-state index >= 15 is 0 Å². The molecule has 1 unspecified atom stereocenters. The molecule has 0 amide bonds. The van der Waals surface area contributed by atoms with Crippen LogP contribution in [0.15, 0.2) is 48.5 Å². The Labute approximate surface area is 140 Å². The van der Waals surface area contributed by atoms with Crippen molar-refractivity contribution in [3.05, 3.63) is 65.2 Å². The zero-order valence-corrected chi connectivity index (χ0v) is 15.0. The monoisotopic (exact) mass is 360 g/mol. The van der Waals surface area contributed by atoms with E-state index in [0.29, 0.717) is 5.56 Å². The summed E-state index contributed by atoms with van der Waals surface area (Å²) in [6, 6.07) is 15.4. The maximum atomic E-state index is 12.6. The van der Waals surface area contributed by atoms with Gasteiger partial charge < -0.3 is 4.74 Å². The van der Waals surface area contributed by atoms with Crippen molar-refractivity contribution in [2.75, 3.05) is 7.11 Å². The summed E-state index contributed by atoms with van der Waals surface area (Å²) in [5.41, 5.74) is 2.95. The highest BCUT2D eigenvalue weighted by molar-refractivity contribution is 9.09. The number of rotatable bonds is 4. The summed E-state index contributed by atoms with van der Waals surface area (Å²) in [5.74, 6) is 0.844. The maximum absolute atomic E-state index is 12.6. The van der Waals surface area contributed by atoms with Crippen LogP contribution in [0.25, 0.3) is 0 Å². The van der Waals surface area contributed by atoms with Crippen LogP contribution in [0.3, 0.4) is 0 Å². The predicted octanol–water partition coefficient (Wildman–Crippen LogP) is 5.31. The van der Waals surface area contributed by atoms with Gasteiger partial charge in [0.05, 0.1) is 7.11 Å². The molecule has 0 aliphatic rings. The third kappa shape index (κ3) is 3.77. The molecule has 116 valence electrons. The number of carbonyl (C=O) groups excluding carboxylic acids is 1. The molecule has 0 spiro atoms. The average molecular weight is 361 g/mol. The fourth-order valence-corrected chi connectivity index (χ4v) is 2.77. The van der Waals surface area contributed by atoms with Crippen LogP contribution in [0.1, 0.15) is 47.1 Å². The second-order valence-electron chi connectivity index (χ2n) is 6.33. The van der Waals surface area contributed by atoms with Gasteiger partial charge in [0.2, 0.25) is 0 Å². The summed E-state index contributed by atoms with van der Waals surface area (Å²) in [6.45, 7) is 6.48. The number of carbonyl (C=O) groups is 1. The van der Waals surface area contributed by atoms with E-state index in [9.17, 15) is 4.79 Å². The van der Waals surface area contributed by atoms with E-state index in [1.54, 1.807) is 7.11 Å². The summed E-state index contributed by atoms with van der Waals surface area (Å²) in [6.07, 6.45) is 0. The van der Waals surface area contributed by atoms with E-state index < -0.39 is 0 Å². The van der Waals surface area contributed by atoms with Crippen LogP contribution >= 0.6 is 15.9 Å². The van der Waals surface area contributed by atoms with Gasteiger partial charge >= 0.3 is 0 Å². The molecule has 3 heteroatoms. The molecule has 2 aromatic carbocycles. The van der Waals surface area contributed by atoms with Crippen molar-refractivity contribution in [3.63, 3.8) is 0 Å². The molecule has 0 saturated heterocycles. The quantitative estimate of drug-likeness (QED) is 0.545. The Kier molecular flexibility index (Phi) is 5.07. The first kappa shape index (κ1) is 16.8. The highest BCUT2D eigenvalue weighted by atomic mass is 79.9. The number of halogens is 1. The molecule has 0 heterocycles. The number of hydrogen-bond acceptors (Lipinski definition) is 2. The summed E-state index contributed by atoms with van der Waals surface area (Å²) in [7, 11) is 1.63. The predicted molar refractivity (Wildman–Crippen MR) is 94.1 cm³/mol. The minimum Gasteiger partial charge on any atom is -0.497 e. The van der Waals surface area contributed by atoms with Crippen LogP contribution < -0.4 is 4.74 Å². The summed E-state index contributed by atoms with van der Waals surface area (Å²) in [5, 5.41) is 0. The van der Waals surface area contributed by atoms with Crippen LogP contribution in [0.5, 0.6) is 5.75 Å².